The summed E-state index contributed by atoms with van der Waals surface area (Å²) in [7, 11) is 0. The zero-order chi connectivity index (χ0) is 13.1. The Morgan fingerprint density at radius 1 is 1.11 bits per heavy atom. The van der Waals surface area contributed by atoms with Crippen molar-refractivity contribution < 1.29 is 0 Å². The average Bonchev–Trinajstić information content (AvgIpc) is 2.31. The molecule has 1 N–H and O–H groups in total. The molecule has 0 saturated heterocycles. The highest BCUT2D eigenvalue weighted by Gasteiger charge is 2.06. The molecule has 0 bridgehead atoms. The first kappa shape index (κ1) is 13.7. The average molecular weight is 345 g/mol. The Morgan fingerprint density at radius 3 is 2.39 bits per heavy atom. The molecule has 2 aromatic rings. The lowest BCUT2D eigenvalue weighted by Crippen LogP contribution is -2.02. The molecule has 2 rings (SSSR count). The molecule has 0 aliphatic rings. The number of anilines is 1. The van der Waals surface area contributed by atoms with E-state index in [1.807, 2.05) is 30.3 Å². The topological polar surface area (TPSA) is 12.0 Å². The molecule has 0 saturated carbocycles. The summed E-state index contributed by atoms with van der Waals surface area (Å²) in [6.45, 7) is 2.67. The van der Waals surface area contributed by atoms with Crippen LogP contribution in [0.25, 0.3) is 0 Å². The van der Waals surface area contributed by atoms with Crippen molar-refractivity contribution >= 4 is 44.8 Å². The molecule has 0 heterocycles. The SMILES string of the molecule is Cc1cc(Br)ccc1NCc1c(Cl)cccc1Cl. The second-order valence-electron chi connectivity index (χ2n) is 4.01. The maximum atomic E-state index is 6.13. The normalized spacial score (nSPS) is 10.4. The first-order chi connectivity index (χ1) is 8.58. The van der Waals surface area contributed by atoms with Crippen molar-refractivity contribution in [1.29, 1.82) is 0 Å². The number of hydrogen-bond donors (Lipinski definition) is 1. The van der Waals surface area contributed by atoms with Gasteiger partial charge in [0.15, 0.2) is 0 Å². The molecule has 1 nitrogen and oxygen atoms in total. The first-order valence-corrected chi connectivity index (χ1v) is 7.06. The van der Waals surface area contributed by atoms with Gasteiger partial charge >= 0.3 is 0 Å². The molecule has 2 aromatic carbocycles. The molecule has 0 aromatic heterocycles. The van der Waals surface area contributed by atoms with E-state index >= 15 is 0 Å². The fourth-order valence-electron chi connectivity index (χ4n) is 1.71. The highest BCUT2D eigenvalue weighted by molar-refractivity contribution is 9.10. The molecule has 0 amide bonds. The zero-order valence-corrected chi connectivity index (χ0v) is 12.9. The van der Waals surface area contributed by atoms with Crippen molar-refractivity contribution in [3.05, 3.63) is 62.0 Å². The fraction of sp³-hybridized carbons (Fsp3) is 0.143. The standard InChI is InChI=1S/C14H12BrCl2N/c1-9-7-10(15)5-6-14(9)18-8-11-12(16)3-2-4-13(11)17/h2-7,18H,8H2,1H3. The van der Waals surface area contributed by atoms with Gasteiger partial charge in [0.25, 0.3) is 0 Å². The van der Waals surface area contributed by atoms with Crippen LogP contribution in [0.3, 0.4) is 0 Å². The van der Waals surface area contributed by atoms with Gasteiger partial charge in [-0.3, -0.25) is 0 Å². The third kappa shape index (κ3) is 3.19. The maximum absolute atomic E-state index is 6.13. The Bertz CT molecular complexity index is 549. The molecular weight excluding hydrogens is 333 g/mol. The number of rotatable bonds is 3. The van der Waals surface area contributed by atoms with Gasteiger partial charge in [0.2, 0.25) is 0 Å². The molecule has 0 aliphatic heterocycles. The Kier molecular flexibility index (Phi) is 4.55. The smallest absolute Gasteiger partial charge is 0.0470 e. The lowest BCUT2D eigenvalue weighted by Gasteiger charge is -2.12. The van der Waals surface area contributed by atoms with Gasteiger partial charge in [-0.05, 0) is 42.8 Å². The van der Waals surface area contributed by atoms with Gasteiger partial charge < -0.3 is 5.32 Å². The summed E-state index contributed by atoms with van der Waals surface area (Å²) in [6.07, 6.45) is 0. The summed E-state index contributed by atoms with van der Waals surface area (Å²) in [4.78, 5) is 0. The van der Waals surface area contributed by atoms with Crippen LogP contribution in [-0.2, 0) is 6.54 Å². The zero-order valence-electron chi connectivity index (χ0n) is 9.81. The van der Waals surface area contributed by atoms with E-state index in [4.69, 9.17) is 23.2 Å². The van der Waals surface area contributed by atoms with Crippen LogP contribution >= 0.6 is 39.1 Å². The minimum Gasteiger partial charge on any atom is -0.381 e. The van der Waals surface area contributed by atoms with Crippen molar-refractivity contribution in [3.8, 4) is 0 Å². The van der Waals surface area contributed by atoms with Crippen molar-refractivity contribution in [2.75, 3.05) is 5.32 Å². The van der Waals surface area contributed by atoms with Crippen LogP contribution < -0.4 is 5.32 Å². The quantitative estimate of drug-likeness (QED) is 0.755. The van der Waals surface area contributed by atoms with Gasteiger partial charge in [-0.25, -0.2) is 0 Å². The summed E-state index contributed by atoms with van der Waals surface area (Å²) >= 11 is 15.7. The van der Waals surface area contributed by atoms with Crippen LogP contribution in [0.2, 0.25) is 10.0 Å². The van der Waals surface area contributed by atoms with Gasteiger partial charge in [-0.2, -0.15) is 0 Å². The second-order valence-corrected chi connectivity index (χ2v) is 5.74. The Morgan fingerprint density at radius 2 is 1.78 bits per heavy atom. The van der Waals surface area contributed by atoms with E-state index in [0.29, 0.717) is 16.6 Å². The molecule has 0 fully saturated rings. The maximum Gasteiger partial charge on any atom is 0.0470 e. The minimum absolute atomic E-state index is 0.612. The summed E-state index contributed by atoms with van der Waals surface area (Å²) in [5.74, 6) is 0. The van der Waals surface area contributed by atoms with Crippen LogP contribution in [0.5, 0.6) is 0 Å². The first-order valence-electron chi connectivity index (χ1n) is 5.51. The van der Waals surface area contributed by atoms with E-state index in [0.717, 1.165) is 15.7 Å². The van der Waals surface area contributed by atoms with Gasteiger partial charge in [-0.1, -0.05) is 45.2 Å². The Hall–Kier alpha value is -0.700. The third-order valence-corrected chi connectivity index (χ3v) is 3.91. The van der Waals surface area contributed by atoms with Gasteiger partial charge in [-0.15, -0.1) is 0 Å². The second kappa shape index (κ2) is 5.96. The molecule has 0 spiro atoms. The molecule has 0 aliphatic carbocycles. The molecule has 0 radical (unpaired) electrons. The van der Waals surface area contributed by atoms with Crippen LogP contribution in [0.4, 0.5) is 5.69 Å². The van der Waals surface area contributed by atoms with E-state index in [9.17, 15) is 0 Å². The molecule has 0 atom stereocenters. The monoisotopic (exact) mass is 343 g/mol. The van der Waals surface area contributed by atoms with Gasteiger partial charge in [0, 0.05) is 32.3 Å². The number of halogens is 3. The van der Waals surface area contributed by atoms with Crippen molar-refractivity contribution in [3.63, 3.8) is 0 Å². The number of hydrogen-bond acceptors (Lipinski definition) is 1. The summed E-state index contributed by atoms with van der Waals surface area (Å²) in [5.41, 5.74) is 3.17. The van der Waals surface area contributed by atoms with E-state index in [1.54, 1.807) is 0 Å². The van der Waals surface area contributed by atoms with E-state index in [2.05, 4.69) is 34.2 Å². The van der Waals surface area contributed by atoms with Crippen molar-refractivity contribution in [2.45, 2.75) is 13.5 Å². The van der Waals surface area contributed by atoms with E-state index < -0.39 is 0 Å². The lowest BCUT2D eigenvalue weighted by molar-refractivity contribution is 1.14. The minimum atomic E-state index is 0.612. The van der Waals surface area contributed by atoms with Crippen molar-refractivity contribution in [1.82, 2.24) is 0 Å². The van der Waals surface area contributed by atoms with Crippen LogP contribution in [-0.4, -0.2) is 0 Å². The van der Waals surface area contributed by atoms with Crippen LogP contribution in [0.1, 0.15) is 11.1 Å². The van der Waals surface area contributed by atoms with E-state index in [1.165, 1.54) is 5.56 Å². The molecule has 0 unspecified atom stereocenters. The summed E-state index contributed by atoms with van der Waals surface area (Å²) in [6, 6.07) is 11.6. The molecule has 18 heavy (non-hydrogen) atoms. The van der Waals surface area contributed by atoms with Gasteiger partial charge in [0.05, 0.1) is 0 Å². The third-order valence-electron chi connectivity index (χ3n) is 2.71. The van der Waals surface area contributed by atoms with Gasteiger partial charge in [0.1, 0.15) is 0 Å². The van der Waals surface area contributed by atoms with E-state index in [-0.39, 0.29) is 0 Å². The number of benzene rings is 2. The summed E-state index contributed by atoms with van der Waals surface area (Å²) in [5, 5.41) is 4.72. The number of aryl methyl sites for hydroxylation is 1. The molecule has 94 valence electrons. The lowest BCUT2D eigenvalue weighted by atomic mass is 10.2. The Labute approximate surface area is 125 Å². The summed E-state index contributed by atoms with van der Waals surface area (Å²) < 4.78 is 1.07. The molecule has 4 heteroatoms. The van der Waals surface area contributed by atoms with Crippen LogP contribution in [0.15, 0.2) is 40.9 Å². The predicted molar refractivity (Wildman–Crippen MR) is 82.7 cm³/mol. The highest BCUT2D eigenvalue weighted by Crippen LogP contribution is 2.26. The number of nitrogens with one attached hydrogen (secondary N) is 1. The Balaban J connectivity index is 2.16. The van der Waals surface area contributed by atoms with Crippen LogP contribution in [0, 0.1) is 6.92 Å². The largest absolute Gasteiger partial charge is 0.381 e. The highest BCUT2D eigenvalue weighted by atomic mass is 79.9. The fourth-order valence-corrected chi connectivity index (χ4v) is 2.72. The van der Waals surface area contributed by atoms with Crippen molar-refractivity contribution in [2.24, 2.45) is 0 Å². The molecular formula is C14H12BrCl2N. The predicted octanol–water partition coefficient (Wildman–Crippen LogP) is 5.68.